The lowest BCUT2D eigenvalue weighted by molar-refractivity contribution is 0.0961. The highest BCUT2D eigenvalue weighted by Crippen LogP contribution is 2.26. The Balaban J connectivity index is 2.27. The summed E-state index contributed by atoms with van der Waals surface area (Å²) in [6, 6.07) is 7.26. The minimum absolute atomic E-state index is 0.0790. The fraction of sp³-hybridized carbons (Fsp3) is 0.273. The number of oxime groups is 1. The number of ether oxygens (including phenoxy) is 1. The van der Waals surface area contributed by atoms with Crippen molar-refractivity contribution in [3.63, 3.8) is 0 Å². The number of aliphatic hydroxyl groups is 2. The Morgan fingerprint density at radius 1 is 1.24 bits per heavy atom. The number of aliphatic hydroxyl groups excluding tert-OH is 2. The lowest BCUT2D eigenvalue weighted by atomic mass is 10.1. The molecule has 1 aliphatic rings. The molecule has 0 atom stereocenters. The molecule has 0 bridgehead atoms. The average molecular weight is 236 g/mol. The van der Waals surface area contributed by atoms with Gasteiger partial charge in [-0.15, -0.1) is 0 Å². The number of rotatable bonds is 4. The van der Waals surface area contributed by atoms with Gasteiger partial charge in [0.15, 0.2) is 0 Å². The van der Waals surface area contributed by atoms with Crippen LogP contribution in [0.15, 0.2) is 34.4 Å². The van der Waals surface area contributed by atoms with Crippen molar-refractivity contribution >= 4 is 11.6 Å². The molecule has 1 aromatic carbocycles. The largest absolute Gasteiger partial charge is 0.434 e. The molecule has 0 aromatic heterocycles. The minimum atomic E-state index is -0.355. The second-order valence-corrected chi connectivity index (χ2v) is 3.20. The van der Waals surface area contributed by atoms with Gasteiger partial charge in [-0.3, -0.25) is 4.99 Å². The van der Waals surface area contributed by atoms with Gasteiger partial charge in [0.05, 0.1) is 6.61 Å². The summed E-state index contributed by atoms with van der Waals surface area (Å²) in [5.74, 6) is 0.805. The maximum Gasteiger partial charge on any atom is 0.282 e. The molecule has 90 valence electrons. The maximum absolute atomic E-state index is 8.86. The lowest BCUT2D eigenvalue weighted by Crippen LogP contribution is -2.15. The van der Waals surface area contributed by atoms with E-state index in [1.807, 2.05) is 18.2 Å². The van der Waals surface area contributed by atoms with Crippen molar-refractivity contribution in [3.05, 3.63) is 29.8 Å². The fourth-order valence-electron chi connectivity index (χ4n) is 1.45. The summed E-state index contributed by atoms with van der Waals surface area (Å²) in [4.78, 5) is 8.72. The molecule has 1 aromatic rings. The fourth-order valence-corrected chi connectivity index (χ4v) is 1.45. The number of hydrogen-bond donors (Lipinski definition) is 2. The first kappa shape index (κ1) is 11.6. The third-order valence-corrected chi connectivity index (χ3v) is 2.11. The SMILES string of the molecule is OCCO/N=C1\Oc2ccccc2C1=NCO. The van der Waals surface area contributed by atoms with Crippen molar-refractivity contribution in [2.45, 2.75) is 0 Å². The zero-order chi connectivity index (χ0) is 12.1. The van der Waals surface area contributed by atoms with Crippen LogP contribution in [0.1, 0.15) is 5.56 Å². The Morgan fingerprint density at radius 2 is 2.06 bits per heavy atom. The number of nitrogens with zero attached hydrogens (tertiary/aromatic N) is 2. The van der Waals surface area contributed by atoms with Gasteiger partial charge in [-0.25, -0.2) is 0 Å². The van der Waals surface area contributed by atoms with Crippen LogP contribution >= 0.6 is 0 Å². The second-order valence-electron chi connectivity index (χ2n) is 3.20. The van der Waals surface area contributed by atoms with Crippen molar-refractivity contribution in [1.82, 2.24) is 0 Å². The molecule has 6 heteroatoms. The summed E-state index contributed by atoms with van der Waals surface area (Å²) in [7, 11) is 0. The zero-order valence-electron chi connectivity index (χ0n) is 9.04. The van der Waals surface area contributed by atoms with Crippen LogP contribution in [-0.2, 0) is 4.84 Å². The predicted octanol–water partition coefficient (Wildman–Crippen LogP) is 0.140. The van der Waals surface area contributed by atoms with E-state index in [4.69, 9.17) is 19.8 Å². The van der Waals surface area contributed by atoms with E-state index in [-0.39, 0.29) is 25.8 Å². The van der Waals surface area contributed by atoms with Crippen molar-refractivity contribution < 1.29 is 19.8 Å². The van der Waals surface area contributed by atoms with E-state index >= 15 is 0 Å². The summed E-state index contributed by atoms with van der Waals surface area (Å²) in [5.41, 5.74) is 1.20. The highest BCUT2D eigenvalue weighted by molar-refractivity contribution is 6.48. The van der Waals surface area contributed by atoms with E-state index in [1.165, 1.54) is 0 Å². The molecule has 0 saturated carbocycles. The average Bonchev–Trinajstić information content (AvgIpc) is 2.69. The Morgan fingerprint density at radius 3 is 2.82 bits per heavy atom. The molecule has 2 rings (SSSR count). The van der Waals surface area contributed by atoms with Gasteiger partial charge in [0.2, 0.25) is 0 Å². The molecule has 0 fully saturated rings. The normalized spacial score (nSPS) is 18.2. The Hall–Kier alpha value is -1.92. The van der Waals surface area contributed by atoms with E-state index in [1.54, 1.807) is 6.07 Å². The molecule has 17 heavy (non-hydrogen) atoms. The molecule has 0 radical (unpaired) electrons. The van der Waals surface area contributed by atoms with Crippen LogP contribution in [0.3, 0.4) is 0 Å². The predicted molar refractivity (Wildman–Crippen MR) is 61.2 cm³/mol. The minimum Gasteiger partial charge on any atom is -0.434 e. The summed E-state index contributed by atoms with van der Waals surface area (Å²) < 4.78 is 5.42. The van der Waals surface area contributed by atoms with Crippen LogP contribution in [-0.4, -0.2) is 41.8 Å². The molecule has 0 amide bonds. The van der Waals surface area contributed by atoms with Gasteiger partial charge in [0.1, 0.15) is 24.8 Å². The van der Waals surface area contributed by atoms with Gasteiger partial charge < -0.3 is 19.8 Å². The molecule has 0 unspecified atom stereocenters. The van der Waals surface area contributed by atoms with Gasteiger partial charge in [-0.05, 0) is 17.3 Å². The van der Waals surface area contributed by atoms with Gasteiger partial charge in [0.25, 0.3) is 5.90 Å². The number of hydrogen-bond acceptors (Lipinski definition) is 6. The number of para-hydroxylation sites is 1. The summed E-state index contributed by atoms with van der Waals surface area (Å²) in [5, 5.41) is 21.2. The maximum atomic E-state index is 8.86. The van der Waals surface area contributed by atoms with Crippen molar-refractivity contribution in [2.75, 3.05) is 19.9 Å². The van der Waals surface area contributed by atoms with Gasteiger partial charge in [0, 0.05) is 5.56 Å². The Labute approximate surface area is 97.8 Å². The van der Waals surface area contributed by atoms with E-state index in [9.17, 15) is 0 Å². The molecule has 1 heterocycles. The third-order valence-electron chi connectivity index (χ3n) is 2.11. The monoisotopic (exact) mass is 236 g/mol. The number of aliphatic imine (C=N–C) groups is 1. The highest BCUT2D eigenvalue weighted by atomic mass is 16.7. The van der Waals surface area contributed by atoms with Crippen LogP contribution in [0.5, 0.6) is 5.75 Å². The zero-order valence-corrected chi connectivity index (χ0v) is 9.04. The van der Waals surface area contributed by atoms with Crippen molar-refractivity contribution in [2.24, 2.45) is 10.1 Å². The molecule has 6 nitrogen and oxygen atoms in total. The molecular formula is C11H12N2O4. The first-order valence-electron chi connectivity index (χ1n) is 5.10. The van der Waals surface area contributed by atoms with E-state index in [2.05, 4.69) is 10.1 Å². The number of fused-ring (bicyclic) bond motifs is 1. The van der Waals surface area contributed by atoms with Gasteiger partial charge in [-0.1, -0.05) is 12.1 Å². The van der Waals surface area contributed by atoms with Crippen LogP contribution in [0, 0.1) is 0 Å². The van der Waals surface area contributed by atoms with Crippen LogP contribution in [0.25, 0.3) is 0 Å². The van der Waals surface area contributed by atoms with Crippen molar-refractivity contribution in [1.29, 1.82) is 0 Å². The molecule has 0 aliphatic carbocycles. The van der Waals surface area contributed by atoms with Crippen LogP contribution in [0.2, 0.25) is 0 Å². The first-order valence-corrected chi connectivity index (χ1v) is 5.10. The van der Waals surface area contributed by atoms with Gasteiger partial charge >= 0.3 is 0 Å². The first-order chi connectivity index (χ1) is 8.36. The van der Waals surface area contributed by atoms with E-state index in [0.717, 1.165) is 5.56 Å². The molecule has 2 N–H and O–H groups in total. The van der Waals surface area contributed by atoms with E-state index in [0.29, 0.717) is 11.5 Å². The van der Waals surface area contributed by atoms with E-state index < -0.39 is 0 Å². The second kappa shape index (κ2) is 5.42. The standard InChI is InChI=1S/C11H12N2O4/c14-5-6-16-13-11-10(12-7-15)8-3-1-2-4-9(8)17-11/h1-4,14-15H,5-7H2/b12-10?,13-11-. The smallest absolute Gasteiger partial charge is 0.282 e. The molecule has 0 saturated heterocycles. The van der Waals surface area contributed by atoms with Crippen LogP contribution in [0.4, 0.5) is 0 Å². The lowest BCUT2D eigenvalue weighted by Gasteiger charge is -1.99. The molecule has 0 spiro atoms. The molecule has 1 aliphatic heterocycles. The summed E-state index contributed by atoms with van der Waals surface area (Å²) in [6.07, 6.45) is 0. The van der Waals surface area contributed by atoms with Crippen molar-refractivity contribution in [3.8, 4) is 5.75 Å². The quantitative estimate of drug-likeness (QED) is 0.575. The van der Waals surface area contributed by atoms with Crippen LogP contribution < -0.4 is 4.74 Å². The number of benzene rings is 1. The highest BCUT2D eigenvalue weighted by Gasteiger charge is 2.26. The molecular weight excluding hydrogens is 224 g/mol. The Kier molecular flexibility index (Phi) is 3.69. The third kappa shape index (κ3) is 2.43. The van der Waals surface area contributed by atoms with Gasteiger partial charge in [-0.2, -0.15) is 0 Å². The Bertz CT molecular complexity index is 457. The summed E-state index contributed by atoms with van der Waals surface area (Å²) >= 11 is 0. The topological polar surface area (TPSA) is 83.6 Å². The summed E-state index contributed by atoms with van der Waals surface area (Å²) in [6.45, 7) is -0.405.